The zero-order valence-electron chi connectivity index (χ0n) is 21.1. The maximum Gasteiger partial charge on any atom is 0.251 e. The smallest absolute Gasteiger partial charge is 0.251 e. The van der Waals surface area contributed by atoms with E-state index < -0.39 is 0 Å². The van der Waals surface area contributed by atoms with Crippen LogP contribution >= 0.6 is 0 Å². The van der Waals surface area contributed by atoms with E-state index in [4.69, 9.17) is 18.9 Å². The van der Waals surface area contributed by atoms with E-state index in [-0.39, 0.29) is 5.91 Å². The lowest BCUT2D eigenvalue weighted by Crippen LogP contribution is -2.38. The summed E-state index contributed by atoms with van der Waals surface area (Å²) in [6.45, 7) is 5.32. The fraction of sp³-hybridized carbons (Fsp3) is 0.300. The van der Waals surface area contributed by atoms with E-state index in [2.05, 4.69) is 4.90 Å². The molecule has 0 radical (unpaired) electrons. The Bertz CT molecular complexity index is 1240. The number of ether oxygens (including phenoxy) is 4. The standard InChI is InChI=1S/C30H32N2O5/c1-34-28-21-24-13-14-32(26(24)22-29(28)36-20-17-31-15-18-35-19-16-31)30(33)12-11-23-7-5-6-10-27(23)37-25-8-3-2-4-9-25/h2-12,21-22H,13-20H2,1H3/b12-11+. The van der Waals surface area contributed by atoms with Gasteiger partial charge in [0.05, 0.1) is 26.0 Å². The van der Waals surface area contributed by atoms with Gasteiger partial charge in [0.2, 0.25) is 0 Å². The molecule has 2 aliphatic rings. The van der Waals surface area contributed by atoms with Crippen molar-refractivity contribution in [2.45, 2.75) is 6.42 Å². The third-order valence-electron chi connectivity index (χ3n) is 6.59. The van der Waals surface area contributed by atoms with Crippen molar-refractivity contribution < 1.29 is 23.7 Å². The first kappa shape index (κ1) is 24.9. The lowest BCUT2D eigenvalue weighted by atomic mass is 10.1. The zero-order chi connectivity index (χ0) is 25.5. The number of rotatable bonds is 9. The van der Waals surface area contributed by atoms with Crippen LogP contribution in [-0.2, 0) is 16.0 Å². The molecule has 0 bridgehead atoms. The minimum Gasteiger partial charge on any atom is -0.493 e. The van der Waals surface area contributed by atoms with Crippen molar-refractivity contribution >= 4 is 17.7 Å². The van der Waals surface area contributed by atoms with Crippen molar-refractivity contribution in [3.63, 3.8) is 0 Å². The Morgan fingerprint density at radius 2 is 1.73 bits per heavy atom. The minimum atomic E-state index is -0.0855. The molecule has 0 N–H and O–H groups in total. The van der Waals surface area contributed by atoms with Crippen LogP contribution < -0.4 is 19.1 Å². The molecule has 0 atom stereocenters. The number of anilines is 1. The van der Waals surface area contributed by atoms with Gasteiger partial charge in [0.1, 0.15) is 18.1 Å². The van der Waals surface area contributed by atoms with Gasteiger partial charge in [-0.25, -0.2) is 0 Å². The number of morpholine rings is 1. The number of hydrogen-bond acceptors (Lipinski definition) is 6. The molecule has 0 aliphatic carbocycles. The van der Waals surface area contributed by atoms with Gasteiger partial charge in [-0.2, -0.15) is 0 Å². The van der Waals surface area contributed by atoms with Gasteiger partial charge in [-0.15, -0.1) is 0 Å². The molecule has 0 aromatic heterocycles. The van der Waals surface area contributed by atoms with Gasteiger partial charge >= 0.3 is 0 Å². The number of benzene rings is 3. The Balaban J connectivity index is 1.28. The average Bonchev–Trinajstić information content (AvgIpc) is 3.36. The second-order valence-corrected chi connectivity index (χ2v) is 8.96. The average molecular weight is 501 g/mol. The lowest BCUT2D eigenvalue weighted by molar-refractivity contribution is -0.114. The quantitative estimate of drug-likeness (QED) is 0.394. The van der Waals surface area contributed by atoms with Gasteiger partial charge in [0, 0.05) is 43.9 Å². The Morgan fingerprint density at radius 1 is 0.946 bits per heavy atom. The van der Waals surface area contributed by atoms with Crippen molar-refractivity contribution in [1.82, 2.24) is 4.90 Å². The first-order valence-electron chi connectivity index (χ1n) is 12.7. The molecule has 2 aliphatic heterocycles. The van der Waals surface area contributed by atoms with Crippen LogP contribution in [0.3, 0.4) is 0 Å². The van der Waals surface area contributed by atoms with Gasteiger partial charge in [-0.3, -0.25) is 9.69 Å². The van der Waals surface area contributed by atoms with E-state index in [1.54, 1.807) is 18.1 Å². The first-order valence-corrected chi connectivity index (χ1v) is 12.7. The SMILES string of the molecule is COc1cc2c(cc1OCCN1CCOCC1)N(C(=O)/C=C/c1ccccc1Oc1ccccc1)CC2. The van der Waals surface area contributed by atoms with Crippen molar-refractivity contribution in [1.29, 1.82) is 0 Å². The predicted molar refractivity (Wildman–Crippen MR) is 144 cm³/mol. The summed E-state index contributed by atoms with van der Waals surface area (Å²) in [5.41, 5.74) is 2.78. The number of para-hydroxylation sites is 2. The molecular weight excluding hydrogens is 468 g/mol. The largest absolute Gasteiger partial charge is 0.493 e. The molecule has 37 heavy (non-hydrogen) atoms. The summed E-state index contributed by atoms with van der Waals surface area (Å²) in [5.74, 6) is 2.70. The highest BCUT2D eigenvalue weighted by Gasteiger charge is 2.26. The number of carbonyl (C=O) groups excluding carboxylic acids is 1. The van der Waals surface area contributed by atoms with E-state index in [9.17, 15) is 4.79 Å². The van der Waals surface area contributed by atoms with Crippen LogP contribution in [0.1, 0.15) is 11.1 Å². The molecular formula is C30H32N2O5. The highest BCUT2D eigenvalue weighted by Crippen LogP contribution is 2.39. The summed E-state index contributed by atoms with van der Waals surface area (Å²) in [4.78, 5) is 17.4. The normalized spacial score (nSPS) is 15.5. The maximum atomic E-state index is 13.2. The molecule has 3 aromatic carbocycles. The van der Waals surface area contributed by atoms with Crippen LogP contribution in [0.4, 0.5) is 5.69 Å². The van der Waals surface area contributed by atoms with Gasteiger partial charge in [-0.1, -0.05) is 36.4 Å². The number of hydrogen-bond donors (Lipinski definition) is 0. The van der Waals surface area contributed by atoms with Gasteiger partial charge in [0.25, 0.3) is 5.91 Å². The summed E-state index contributed by atoms with van der Waals surface area (Å²) in [7, 11) is 1.64. The first-order chi connectivity index (χ1) is 18.2. The highest BCUT2D eigenvalue weighted by molar-refractivity contribution is 6.05. The molecule has 3 aromatic rings. The van der Waals surface area contributed by atoms with E-state index in [1.807, 2.05) is 72.8 Å². The van der Waals surface area contributed by atoms with Crippen molar-refractivity contribution in [2.75, 3.05) is 58.0 Å². The Labute approximate surface area is 217 Å². The zero-order valence-corrected chi connectivity index (χ0v) is 21.1. The second kappa shape index (κ2) is 12.0. The molecule has 1 amide bonds. The van der Waals surface area contributed by atoms with Gasteiger partial charge in [0.15, 0.2) is 11.5 Å². The molecule has 7 nitrogen and oxygen atoms in total. The maximum absolute atomic E-state index is 13.2. The summed E-state index contributed by atoms with van der Waals surface area (Å²) in [6.07, 6.45) is 4.18. The molecule has 7 heteroatoms. The topological polar surface area (TPSA) is 60.5 Å². The number of carbonyl (C=O) groups is 1. The number of amides is 1. The predicted octanol–water partition coefficient (Wildman–Crippen LogP) is 4.80. The van der Waals surface area contributed by atoms with Crippen molar-refractivity contribution in [3.8, 4) is 23.0 Å². The van der Waals surface area contributed by atoms with Crippen molar-refractivity contribution in [2.24, 2.45) is 0 Å². The van der Waals surface area contributed by atoms with Crippen molar-refractivity contribution in [3.05, 3.63) is 83.9 Å². The number of nitrogens with zero attached hydrogens (tertiary/aromatic N) is 2. The molecule has 1 saturated heterocycles. The fourth-order valence-corrected chi connectivity index (χ4v) is 4.58. The van der Waals surface area contributed by atoms with E-state index in [1.165, 1.54) is 0 Å². The molecule has 2 heterocycles. The summed E-state index contributed by atoms with van der Waals surface area (Å²) < 4.78 is 23.1. The van der Waals surface area contributed by atoms with Crippen LogP contribution in [0, 0.1) is 0 Å². The summed E-state index contributed by atoms with van der Waals surface area (Å²) in [5, 5.41) is 0. The van der Waals surface area contributed by atoms with E-state index in [0.29, 0.717) is 30.4 Å². The van der Waals surface area contributed by atoms with Crippen LogP contribution in [0.5, 0.6) is 23.0 Å². The van der Waals surface area contributed by atoms with Crippen LogP contribution in [0.15, 0.2) is 72.8 Å². The van der Waals surface area contributed by atoms with Crippen LogP contribution in [0.2, 0.25) is 0 Å². The summed E-state index contributed by atoms with van der Waals surface area (Å²) >= 11 is 0. The van der Waals surface area contributed by atoms with Gasteiger partial charge < -0.3 is 23.8 Å². The van der Waals surface area contributed by atoms with Crippen LogP contribution in [-0.4, -0.2) is 63.9 Å². The summed E-state index contributed by atoms with van der Waals surface area (Å²) in [6, 6.07) is 21.2. The molecule has 192 valence electrons. The molecule has 0 saturated carbocycles. The minimum absolute atomic E-state index is 0.0855. The molecule has 0 unspecified atom stereocenters. The lowest BCUT2D eigenvalue weighted by Gasteiger charge is -2.26. The molecule has 1 fully saturated rings. The Morgan fingerprint density at radius 3 is 2.54 bits per heavy atom. The van der Waals surface area contributed by atoms with Gasteiger partial charge in [-0.05, 0) is 42.3 Å². The third kappa shape index (κ3) is 6.13. The fourth-order valence-electron chi connectivity index (χ4n) is 4.58. The Hall–Kier alpha value is -3.81. The molecule has 0 spiro atoms. The molecule has 5 rings (SSSR count). The van der Waals surface area contributed by atoms with Crippen LogP contribution in [0.25, 0.3) is 6.08 Å². The second-order valence-electron chi connectivity index (χ2n) is 8.96. The number of methoxy groups -OCH3 is 1. The number of fused-ring (bicyclic) bond motifs is 1. The Kier molecular flexibility index (Phi) is 8.03. The third-order valence-corrected chi connectivity index (χ3v) is 6.59. The van der Waals surface area contributed by atoms with E-state index in [0.717, 1.165) is 61.8 Å². The monoisotopic (exact) mass is 500 g/mol. The van der Waals surface area contributed by atoms with E-state index >= 15 is 0 Å². The highest BCUT2D eigenvalue weighted by atomic mass is 16.5.